The highest BCUT2D eigenvalue weighted by atomic mass is 16.7. The lowest BCUT2D eigenvalue weighted by atomic mass is 10.0. The highest BCUT2D eigenvalue weighted by molar-refractivity contribution is 5.70. The van der Waals surface area contributed by atoms with Crippen molar-refractivity contribution in [2.75, 3.05) is 47.5 Å². The Labute approximate surface area is 490 Å². The first-order valence-corrected chi connectivity index (χ1v) is 34.1. The number of carbonyl (C=O) groups is 3. The van der Waals surface area contributed by atoms with Crippen LogP contribution in [0.2, 0.25) is 0 Å². The van der Waals surface area contributed by atoms with Crippen molar-refractivity contribution in [2.45, 2.75) is 347 Å². The highest BCUT2D eigenvalue weighted by Crippen LogP contribution is 2.19. The maximum atomic E-state index is 12.9. The Morgan fingerprint density at radius 1 is 0.392 bits per heavy atom. The van der Waals surface area contributed by atoms with Crippen LogP contribution in [0.1, 0.15) is 335 Å². The summed E-state index contributed by atoms with van der Waals surface area (Å²) in [7, 11) is 5.93. The van der Waals surface area contributed by atoms with E-state index in [1.165, 1.54) is 238 Å². The molecule has 0 aliphatic carbocycles. The van der Waals surface area contributed by atoms with Gasteiger partial charge >= 0.3 is 11.9 Å². The summed E-state index contributed by atoms with van der Waals surface area (Å²) in [6, 6.07) is 0. The van der Waals surface area contributed by atoms with Gasteiger partial charge in [0.15, 0.2) is 12.4 Å². The Balaban J connectivity index is 3.95. The van der Waals surface area contributed by atoms with Gasteiger partial charge in [0.1, 0.15) is 13.2 Å². The standard InChI is InChI=1S/C70H131NO8/c1-6-8-10-12-14-16-18-20-22-24-25-26-27-28-29-30-31-32-33-34-35-36-37-38-39-40-41-42-43-45-46-48-50-52-54-56-58-60-67(72)77-64-66(65-78-70(69(74)75)76-63-62-71(3,4)5)79-68(73)61-59-57-55-53-51-49-47-44-23-21-19-17-15-13-11-9-7-2/h9,11,15,17,21,23,66,70H,6-8,10,12-14,16,18-20,22,24-65H2,1-5H3/b11-9-,17-15-,23-21-. The molecule has 0 aliphatic rings. The summed E-state index contributed by atoms with van der Waals surface area (Å²) in [4.78, 5) is 37.4. The Morgan fingerprint density at radius 2 is 0.722 bits per heavy atom. The van der Waals surface area contributed by atoms with Gasteiger partial charge in [-0.1, -0.05) is 314 Å². The predicted molar refractivity (Wildman–Crippen MR) is 334 cm³/mol. The quantitative estimate of drug-likeness (QED) is 0.0195. The van der Waals surface area contributed by atoms with Crippen molar-refractivity contribution in [1.29, 1.82) is 0 Å². The van der Waals surface area contributed by atoms with Crippen molar-refractivity contribution in [2.24, 2.45) is 0 Å². The third kappa shape index (κ3) is 63.0. The largest absolute Gasteiger partial charge is 0.545 e. The van der Waals surface area contributed by atoms with Gasteiger partial charge in [-0.15, -0.1) is 0 Å². The number of esters is 2. The van der Waals surface area contributed by atoms with E-state index in [0.717, 1.165) is 64.2 Å². The summed E-state index contributed by atoms with van der Waals surface area (Å²) in [6.07, 6.45) is 74.0. The summed E-state index contributed by atoms with van der Waals surface area (Å²) in [5.74, 6) is -2.28. The molecule has 0 N–H and O–H groups in total. The third-order valence-electron chi connectivity index (χ3n) is 15.4. The van der Waals surface area contributed by atoms with Crippen LogP contribution in [0.3, 0.4) is 0 Å². The summed E-state index contributed by atoms with van der Waals surface area (Å²) < 4.78 is 22.7. The fraction of sp³-hybridized carbons (Fsp3) is 0.871. The molecular formula is C70H131NO8. The fourth-order valence-electron chi connectivity index (χ4n) is 10.2. The summed E-state index contributed by atoms with van der Waals surface area (Å²) >= 11 is 0. The zero-order chi connectivity index (χ0) is 57.6. The molecule has 0 aromatic heterocycles. The van der Waals surface area contributed by atoms with Crippen molar-refractivity contribution >= 4 is 17.9 Å². The van der Waals surface area contributed by atoms with E-state index in [9.17, 15) is 19.5 Å². The van der Waals surface area contributed by atoms with Gasteiger partial charge in [0, 0.05) is 12.8 Å². The first kappa shape index (κ1) is 76.5. The topological polar surface area (TPSA) is 111 Å². The van der Waals surface area contributed by atoms with Gasteiger partial charge in [-0.3, -0.25) is 9.59 Å². The van der Waals surface area contributed by atoms with Crippen LogP contribution >= 0.6 is 0 Å². The minimum atomic E-state index is -1.62. The van der Waals surface area contributed by atoms with E-state index in [4.69, 9.17) is 18.9 Å². The molecule has 0 bridgehead atoms. The number of likely N-dealkylation sites (N-methyl/N-ethyl adjacent to an activating group) is 1. The van der Waals surface area contributed by atoms with E-state index in [1.54, 1.807) is 0 Å². The van der Waals surface area contributed by atoms with Crippen molar-refractivity contribution in [3.63, 3.8) is 0 Å². The van der Waals surface area contributed by atoms with Crippen molar-refractivity contribution in [3.05, 3.63) is 36.5 Å². The molecule has 9 heteroatoms. The number of allylic oxidation sites excluding steroid dienone is 6. The minimum absolute atomic E-state index is 0.147. The van der Waals surface area contributed by atoms with Crippen LogP contribution in [0.5, 0.6) is 0 Å². The fourth-order valence-corrected chi connectivity index (χ4v) is 10.2. The number of hydrogen-bond acceptors (Lipinski definition) is 8. The maximum Gasteiger partial charge on any atom is 0.306 e. The number of carbonyl (C=O) groups excluding carboxylic acids is 3. The number of quaternary nitrogens is 1. The average Bonchev–Trinajstić information content (AvgIpc) is 3.42. The van der Waals surface area contributed by atoms with Crippen LogP contribution in [0.15, 0.2) is 36.5 Å². The molecular weight excluding hydrogens is 983 g/mol. The number of aliphatic carboxylic acids is 1. The lowest BCUT2D eigenvalue weighted by Gasteiger charge is -2.26. The van der Waals surface area contributed by atoms with Gasteiger partial charge < -0.3 is 33.3 Å². The molecule has 2 unspecified atom stereocenters. The smallest absolute Gasteiger partial charge is 0.306 e. The molecule has 0 radical (unpaired) electrons. The number of rotatable bonds is 64. The number of carboxylic acids is 1. The minimum Gasteiger partial charge on any atom is -0.545 e. The lowest BCUT2D eigenvalue weighted by Crippen LogP contribution is -2.44. The van der Waals surface area contributed by atoms with Gasteiger partial charge in [0.05, 0.1) is 40.3 Å². The van der Waals surface area contributed by atoms with E-state index >= 15 is 0 Å². The molecule has 0 amide bonds. The van der Waals surface area contributed by atoms with Gasteiger partial charge in [0.2, 0.25) is 0 Å². The molecule has 9 nitrogen and oxygen atoms in total. The number of unbranched alkanes of at least 4 members (excludes halogenated alkanes) is 43. The Kier molecular flexibility index (Phi) is 59.6. The average molecular weight is 1110 g/mol. The van der Waals surface area contributed by atoms with Crippen LogP contribution in [-0.4, -0.2) is 82.3 Å². The highest BCUT2D eigenvalue weighted by Gasteiger charge is 2.22. The molecule has 0 heterocycles. The summed E-state index contributed by atoms with van der Waals surface area (Å²) in [6.45, 7) is 4.67. The molecule has 0 aromatic rings. The molecule has 464 valence electrons. The Bertz CT molecular complexity index is 1390. The van der Waals surface area contributed by atoms with Crippen molar-refractivity contribution < 1.29 is 42.9 Å². The van der Waals surface area contributed by atoms with E-state index < -0.39 is 24.3 Å². The first-order chi connectivity index (χ1) is 38.6. The molecule has 2 atom stereocenters. The van der Waals surface area contributed by atoms with Gasteiger partial charge in [-0.05, 0) is 44.9 Å². The third-order valence-corrected chi connectivity index (χ3v) is 15.4. The molecule has 0 fully saturated rings. The zero-order valence-electron chi connectivity index (χ0n) is 53.0. The molecule has 0 saturated carbocycles. The second kappa shape index (κ2) is 61.6. The number of nitrogens with zero attached hydrogens (tertiary/aromatic N) is 1. The van der Waals surface area contributed by atoms with E-state index in [2.05, 4.69) is 50.3 Å². The molecule has 0 aliphatic heterocycles. The second-order valence-corrected chi connectivity index (χ2v) is 24.4. The maximum absolute atomic E-state index is 12.9. The van der Waals surface area contributed by atoms with Crippen LogP contribution in [-0.2, 0) is 33.3 Å². The predicted octanol–water partition coefficient (Wildman–Crippen LogP) is 19.5. The molecule has 0 rings (SSSR count). The van der Waals surface area contributed by atoms with E-state index in [1.807, 2.05) is 21.1 Å². The van der Waals surface area contributed by atoms with Crippen LogP contribution in [0.4, 0.5) is 0 Å². The van der Waals surface area contributed by atoms with Crippen LogP contribution < -0.4 is 5.11 Å². The summed E-state index contributed by atoms with van der Waals surface area (Å²) in [5.41, 5.74) is 0. The zero-order valence-corrected chi connectivity index (χ0v) is 53.0. The van der Waals surface area contributed by atoms with E-state index in [-0.39, 0.29) is 32.2 Å². The molecule has 0 saturated heterocycles. The van der Waals surface area contributed by atoms with Crippen molar-refractivity contribution in [1.82, 2.24) is 0 Å². The second-order valence-electron chi connectivity index (χ2n) is 24.4. The summed E-state index contributed by atoms with van der Waals surface area (Å²) in [5, 5.41) is 11.8. The number of carboxylic acid groups (broad SMARTS) is 1. The number of ether oxygens (including phenoxy) is 4. The lowest BCUT2D eigenvalue weighted by molar-refractivity contribution is -0.870. The Morgan fingerprint density at radius 3 is 1.08 bits per heavy atom. The van der Waals surface area contributed by atoms with Crippen molar-refractivity contribution in [3.8, 4) is 0 Å². The molecule has 0 aromatic carbocycles. The van der Waals surface area contributed by atoms with Crippen LogP contribution in [0, 0.1) is 0 Å². The monoisotopic (exact) mass is 1110 g/mol. The van der Waals surface area contributed by atoms with Gasteiger partial charge in [0.25, 0.3) is 0 Å². The van der Waals surface area contributed by atoms with Crippen LogP contribution in [0.25, 0.3) is 0 Å². The van der Waals surface area contributed by atoms with Gasteiger partial charge in [-0.25, -0.2) is 0 Å². The number of hydrogen-bond donors (Lipinski definition) is 0. The SMILES string of the molecule is CC/C=C\C/C=C\C/C=C\CCCCCCCCCC(=O)OC(COC(=O)CCCCCCCCCCCCCCCCCCCCCCCCCCCCCCCCCCCCCCC)COC(OCC[N+](C)(C)C)C(=O)[O-]. The molecule has 79 heavy (non-hydrogen) atoms. The first-order valence-electron chi connectivity index (χ1n) is 34.1. The van der Waals surface area contributed by atoms with Gasteiger partial charge in [-0.2, -0.15) is 0 Å². The normalized spacial score (nSPS) is 12.9. The Hall–Kier alpha value is -2.49. The molecule has 0 spiro atoms. The van der Waals surface area contributed by atoms with E-state index in [0.29, 0.717) is 23.9 Å².